The number of benzene rings is 2. The zero-order valence-electron chi connectivity index (χ0n) is 20.3. The van der Waals surface area contributed by atoms with Crippen molar-refractivity contribution in [2.45, 2.75) is 32.2 Å². The minimum absolute atomic E-state index is 0.137. The highest BCUT2D eigenvalue weighted by atomic mass is 16.5. The molecular weight excluding hydrogens is 434 g/mol. The Kier molecular flexibility index (Phi) is 9.30. The Hall–Kier alpha value is -3.10. The number of carbonyl (C=O) groups is 2. The van der Waals surface area contributed by atoms with Crippen molar-refractivity contribution in [3.8, 4) is 5.75 Å². The van der Waals surface area contributed by atoms with Crippen LogP contribution in [-0.2, 0) is 4.74 Å². The van der Waals surface area contributed by atoms with Crippen LogP contribution in [0.1, 0.15) is 46.9 Å². The minimum Gasteiger partial charge on any atom is -0.497 e. The number of ether oxygens (including phenoxy) is 2. The van der Waals surface area contributed by atoms with Gasteiger partial charge in [0.15, 0.2) is 0 Å². The van der Waals surface area contributed by atoms with Gasteiger partial charge in [-0.3, -0.25) is 4.79 Å². The van der Waals surface area contributed by atoms with Gasteiger partial charge in [-0.1, -0.05) is 0 Å². The third kappa shape index (κ3) is 6.71. The number of anilines is 2. The van der Waals surface area contributed by atoms with Crippen LogP contribution >= 0.6 is 0 Å². The van der Waals surface area contributed by atoms with Crippen LogP contribution in [0.5, 0.6) is 5.75 Å². The van der Waals surface area contributed by atoms with Crippen molar-refractivity contribution < 1.29 is 24.2 Å². The Morgan fingerprint density at radius 2 is 1.79 bits per heavy atom. The fourth-order valence-corrected chi connectivity index (χ4v) is 4.27. The largest absolute Gasteiger partial charge is 0.497 e. The van der Waals surface area contributed by atoms with E-state index in [4.69, 9.17) is 9.47 Å². The van der Waals surface area contributed by atoms with E-state index < -0.39 is 5.97 Å². The summed E-state index contributed by atoms with van der Waals surface area (Å²) in [6, 6.07) is 12.2. The van der Waals surface area contributed by atoms with Crippen molar-refractivity contribution in [2.75, 3.05) is 57.2 Å². The first-order chi connectivity index (χ1) is 16.4. The minimum atomic E-state index is -1.03. The summed E-state index contributed by atoms with van der Waals surface area (Å²) in [7, 11) is 3.73. The van der Waals surface area contributed by atoms with E-state index in [-0.39, 0.29) is 11.5 Å². The van der Waals surface area contributed by atoms with Gasteiger partial charge < -0.3 is 29.7 Å². The van der Waals surface area contributed by atoms with Crippen molar-refractivity contribution in [3.63, 3.8) is 0 Å². The molecule has 3 rings (SSSR count). The Bertz CT molecular complexity index is 955. The lowest BCUT2D eigenvalue weighted by atomic mass is 10.0. The average molecular weight is 470 g/mol. The summed E-state index contributed by atoms with van der Waals surface area (Å²) in [6.45, 7) is 6.21. The van der Waals surface area contributed by atoms with Crippen molar-refractivity contribution in [1.29, 1.82) is 0 Å². The van der Waals surface area contributed by atoms with E-state index in [0.717, 1.165) is 57.8 Å². The van der Waals surface area contributed by atoms with Gasteiger partial charge in [-0.2, -0.15) is 0 Å². The summed E-state index contributed by atoms with van der Waals surface area (Å²) in [6.07, 6.45) is 3.01. The SMILES string of the molecule is CCOCCCN(C)C1CCN(c2ccc(C(=O)O)cc2NC(=O)c2ccc(OC)cc2)CC1. The zero-order valence-corrected chi connectivity index (χ0v) is 20.3. The number of carboxylic acids is 1. The van der Waals surface area contributed by atoms with Crippen molar-refractivity contribution in [2.24, 2.45) is 0 Å². The van der Waals surface area contributed by atoms with Gasteiger partial charge in [0.05, 0.1) is 24.0 Å². The highest BCUT2D eigenvalue weighted by molar-refractivity contribution is 6.06. The lowest BCUT2D eigenvalue weighted by Crippen LogP contribution is -2.44. The molecule has 1 saturated heterocycles. The summed E-state index contributed by atoms with van der Waals surface area (Å²) in [5.74, 6) is -0.662. The van der Waals surface area contributed by atoms with Crippen molar-refractivity contribution in [1.82, 2.24) is 4.90 Å². The van der Waals surface area contributed by atoms with Crippen LogP contribution in [0.4, 0.5) is 11.4 Å². The number of carboxylic acid groups (broad SMARTS) is 1. The molecule has 1 fully saturated rings. The zero-order chi connectivity index (χ0) is 24.5. The van der Waals surface area contributed by atoms with Gasteiger partial charge >= 0.3 is 5.97 Å². The summed E-state index contributed by atoms with van der Waals surface area (Å²) in [5, 5.41) is 12.4. The number of hydrogen-bond acceptors (Lipinski definition) is 6. The molecule has 34 heavy (non-hydrogen) atoms. The van der Waals surface area contributed by atoms with E-state index in [9.17, 15) is 14.7 Å². The predicted molar refractivity (Wildman–Crippen MR) is 133 cm³/mol. The van der Waals surface area contributed by atoms with Crippen LogP contribution in [0.2, 0.25) is 0 Å². The second kappa shape index (κ2) is 12.4. The molecule has 8 heteroatoms. The van der Waals surface area contributed by atoms with E-state index in [1.165, 1.54) is 6.07 Å². The number of piperidine rings is 1. The van der Waals surface area contributed by atoms with Crippen LogP contribution in [0.15, 0.2) is 42.5 Å². The molecule has 8 nitrogen and oxygen atoms in total. The first-order valence-electron chi connectivity index (χ1n) is 11.8. The highest BCUT2D eigenvalue weighted by Gasteiger charge is 2.25. The van der Waals surface area contributed by atoms with Crippen molar-refractivity contribution in [3.05, 3.63) is 53.6 Å². The summed E-state index contributed by atoms with van der Waals surface area (Å²) in [4.78, 5) is 29.1. The molecule has 0 radical (unpaired) electrons. The fourth-order valence-electron chi connectivity index (χ4n) is 4.27. The molecule has 0 unspecified atom stereocenters. The normalized spacial score (nSPS) is 14.3. The van der Waals surface area contributed by atoms with Crippen LogP contribution in [-0.4, -0.2) is 74.9 Å². The van der Waals surface area contributed by atoms with E-state index in [1.54, 1.807) is 43.5 Å². The van der Waals surface area contributed by atoms with Crippen LogP contribution in [0.25, 0.3) is 0 Å². The second-order valence-electron chi connectivity index (χ2n) is 8.47. The number of rotatable bonds is 11. The first-order valence-corrected chi connectivity index (χ1v) is 11.8. The maximum atomic E-state index is 12.9. The molecule has 0 atom stereocenters. The van der Waals surface area contributed by atoms with E-state index >= 15 is 0 Å². The Labute approximate surface area is 201 Å². The molecule has 2 aromatic carbocycles. The van der Waals surface area contributed by atoms with E-state index in [2.05, 4.69) is 22.2 Å². The lowest BCUT2D eigenvalue weighted by molar-refractivity contribution is 0.0696. The standard InChI is InChI=1S/C26H35N3O5/c1-4-34-17-5-14-28(2)21-12-15-29(16-13-21)24-11-8-20(26(31)32)18-23(24)27-25(30)19-6-9-22(33-3)10-7-19/h6-11,18,21H,4-5,12-17H2,1-3H3,(H,27,30)(H,31,32). The number of carbonyl (C=O) groups excluding carboxylic acids is 1. The lowest BCUT2D eigenvalue weighted by Gasteiger charge is -2.38. The van der Waals surface area contributed by atoms with Gasteiger partial charge in [0.2, 0.25) is 0 Å². The predicted octanol–water partition coefficient (Wildman–Crippen LogP) is 3.97. The van der Waals surface area contributed by atoms with Crippen LogP contribution in [0, 0.1) is 0 Å². The van der Waals surface area contributed by atoms with Gasteiger partial charge in [-0.05, 0) is 75.7 Å². The molecule has 1 heterocycles. The third-order valence-corrected chi connectivity index (χ3v) is 6.28. The van der Waals surface area contributed by atoms with Gasteiger partial charge in [-0.25, -0.2) is 4.79 Å². The maximum absolute atomic E-state index is 12.9. The summed E-state index contributed by atoms with van der Waals surface area (Å²) >= 11 is 0. The smallest absolute Gasteiger partial charge is 0.335 e. The van der Waals surface area contributed by atoms with Gasteiger partial charge in [-0.15, -0.1) is 0 Å². The molecule has 0 bridgehead atoms. The summed E-state index contributed by atoms with van der Waals surface area (Å²) < 4.78 is 10.6. The van der Waals surface area contributed by atoms with E-state index in [0.29, 0.717) is 23.0 Å². The number of nitrogens with one attached hydrogen (secondary N) is 1. The molecule has 184 valence electrons. The fraction of sp³-hybridized carbons (Fsp3) is 0.462. The molecule has 0 aliphatic carbocycles. The molecule has 1 amide bonds. The number of amides is 1. The topological polar surface area (TPSA) is 91.3 Å². The average Bonchev–Trinajstić information content (AvgIpc) is 2.86. The third-order valence-electron chi connectivity index (χ3n) is 6.28. The monoisotopic (exact) mass is 469 g/mol. The number of aromatic carboxylic acids is 1. The molecule has 2 N–H and O–H groups in total. The quantitative estimate of drug-likeness (QED) is 0.481. The molecule has 0 saturated carbocycles. The number of methoxy groups -OCH3 is 1. The summed E-state index contributed by atoms with van der Waals surface area (Å²) in [5.41, 5.74) is 1.95. The Balaban J connectivity index is 1.69. The molecule has 0 aromatic heterocycles. The molecule has 2 aromatic rings. The van der Waals surface area contributed by atoms with Gasteiger partial charge in [0, 0.05) is 44.5 Å². The van der Waals surface area contributed by atoms with Gasteiger partial charge in [0.25, 0.3) is 5.91 Å². The Morgan fingerprint density at radius 3 is 2.41 bits per heavy atom. The molecule has 1 aliphatic heterocycles. The number of hydrogen-bond donors (Lipinski definition) is 2. The van der Waals surface area contributed by atoms with Crippen molar-refractivity contribution >= 4 is 23.3 Å². The molecule has 0 spiro atoms. The molecular formula is C26H35N3O5. The first kappa shape index (κ1) is 25.5. The Morgan fingerprint density at radius 1 is 1.12 bits per heavy atom. The van der Waals surface area contributed by atoms with E-state index in [1.807, 2.05) is 6.92 Å². The van der Waals surface area contributed by atoms with Gasteiger partial charge in [0.1, 0.15) is 5.75 Å². The molecule has 1 aliphatic rings. The second-order valence-corrected chi connectivity index (χ2v) is 8.47. The van der Waals surface area contributed by atoms with Crippen LogP contribution in [0.3, 0.4) is 0 Å². The van der Waals surface area contributed by atoms with Crippen LogP contribution < -0.4 is 15.0 Å². The highest BCUT2D eigenvalue weighted by Crippen LogP contribution is 2.31. The maximum Gasteiger partial charge on any atom is 0.335 e. The number of nitrogens with zero attached hydrogens (tertiary/aromatic N) is 2.